The SMILES string of the molecule is CC1=NS(=O)(=O)c2cccnc2N1c1ccccc1F. The molecule has 1 aliphatic rings. The van der Waals surface area contributed by atoms with E-state index in [1.54, 1.807) is 18.2 Å². The average molecular weight is 291 g/mol. The van der Waals surface area contributed by atoms with Crippen molar-refractivity contribution < 1.29 is 12.8 Å². The van der Waals surface area contributed by atoms with Crippen LogP contribution in [0.3, 0.4) is 0 Å². The predicted octanol–water partition coefficient (Wildman–Crippen LogP) is 2.48. The Morgan fingerprint density at radius 3 is 2.65 bits per heavy atom. The van der Waals surface area contributed by atoms with Gasteiger partial charge in [0.15, 0.2) is 5.82 Å². The van der Waals surface area contributed by atoms with Crippen molar-refractivity contribution in [3.05, 3.63) is 48.4 Å². The predicted molar refractivity (Wildman–Crippen MR) is 73.1 cm³/mol. The van der Waals surface area contributed by atoms with Crippen LogP contribution in [0.4, 0.5) is 15.9 Å². The highest BCUT2D eigenvalue weighted by atomic mass is 32.2. The van der Waals surface area contributed by atoms with E-state index in [2.05, 4.69) is 9.38 Å². The summed E-state index contributed by atoms with van der Waals surface area (Å²) in [7, 11) is -3.78. The number of benzene rings is 1. The molecule has 0 unspecified atom stereocenters. The lowest BCUT2D eigenvalue weighted by atomic mass is 10.2. The molecule has 0 amide bonds. The molecule has 0 fully saturated rings. The number of aromatic nitrogens is 1. The normalized spacial score (nSPS) is 16.5. The summed E-state index contributed by atoms with van der Waals surface area (Å²) in [5.41, 5.74) is 0.212. The van der Waals surface area contributed by atoms with Crippen molar-refractivity contribution in [3.8, 4) is 0 Å². The molecule has 2 heterocycles. The van der Waals surface area contributed by atoms with Crippen molar-refractivity contribution in [1.82, 2.24) is 4.98 Å². The second-order valence-corrected chi connectivity index (χ2v) is 5.80. The Kier molecular flexibility index (Phi) is 2.79. The Bertz CT molecular complexity index is 818. The molecule has 0 spiro atoms. The quantitative estimate of drug-likeness (QED) is 0.809. The molecule has 3 rings (SSSR count). The van der Waals surface area contributed by atoms with E-state index >= 15 is 0 Å². The first-order valence-corrected chi connectivity index (χ1v) is 7.26. The minimum atomic E-state index is -3.78. The molecule has 0 saturated carbocycles. The van der Waals surface area contributed by atoms with Crippen LogP contribution >= 0.6 is 0 Å². The summed E-state index contributed by atoms with van der Waals surface area (Å²) in [6.07, 6.45) is 1.46. The van der Waals surface area contributed by atoms with E-state index in [9.17, 15) is 12.8 Å². The Labute approximate surface area is 115 Å². The van der Waals surface area contributed by atoms with Crippen LogP contribution in [0.1, 0.15) is 6.92 Å². The fraction of sp³-hybridized carbons (Fsp3) is 0.0769. The molecule has 0 aliphatic carbocycles. The molecule has 2 aromatic rings. The Balaban J connectivity index is 2.30. The van der Waals surface area contributed by atoms with Gasteiger partial charge in [-0.3, -0.25) is 4.90 Å². The van der Waals surface area contributed by atoms with Gasteiger partial charge < -0.3 is 0 Å². The number of hydrogen-bond acceptors (Lipinski definition) is 4. The van der Waals surface area contributed by atoms with Gasteiger partial charge in [-0.1, -0.05) is 12.1 Å². The maximum atomic E-state index is 14.0. The summed E-state index contributed by atoms with van der Waals surface area (Å²) >= 11 is 0. The summed E-state index contributed by atoms with van der Waals surface area (Å²) in [5, 5.41) is 0. The van der Waals surface area contributed by atoms with E-state index < -0.39 is 15.8 Å². The monoisotopic (exact) mass is 291 g/mol. The van der Waals surface area contributed by atoms with Gasteiger partial charge in [0.05, 0.1) is 5.69 Å². The molecule has 0 N–H and O–H groups in total. The maximum Gasteiger partial charge on any atom is 0.287 e. The van der Waals surface area contributed by atoms with Crippen molar-refractivity contribution >= 4 is 27.4 Å². The van der Waals surface area contributed by atoms with Gasteiger partial charge in [-0.25, -0.2) is 9.37 Å². The van der Waals surface area contributed by atoms with Gasteiger partial charge in [-0.15, -0.1) is 4.40 Å². The van der Waals surface area contributed by atoms with Crippen LogP contribution in [-0.2, 0) is 10.0 Å². The molecular weight excluding hydrogens is 281 g/mol. The topological polar surface area (TPSA) is 62.6 Å². The molecule has 20 heavy (non-hydrogen) atoms. The van der Waals surface area contributed by atoms with E-state index in [0.29, 0.717) is 0 Å². The van der Waals surface area contributed by atoms with Crippen molar-refractivity contribution in [2.45, 2.75) is 11.8 Å². The second-order valence-electron chi connectivity index (χ2n) is 4.23. The lowest BCUT2D eigenvalue weighted by Gasteiger charge is -2.28. The van der Waals surface area contributed by atoms with Crippen molar-refractivity contribution in [1.29, 1.82) is 0 Å². The average Bonchev–Trinajstić information content (AvgIpc) is 2.40. The van der Waals surface area contributed by atoms with E-state index in [1.807, 2.05) is 0 Å². The van der Waals surface area contributed by atoms with Crippen molar-refractivity contribution in [2.24, 2.45) is 4.40 Å². The smallest absolute Gasteiger partial charge is 0.278 e. The van der Waals surface area contributed by atoms with Crippen LogP contribution in [0.15, 0.2) is 51.9 Å². The molecule has 5 nitrogen and oxygen atoms in total. The highest BCUT2D eigenvalue weighted by Gasteiger charge is 2.31. The van der Waals surface area contributed by atoms with Gasteiger partial charge in [0.25, 0.3) is 10.0 Å². The largest absolute Gasteiger partial charge is 0.287 e. The van der Waals surface area contributed by atoms with Gasteiger partial charge >= 0.3 is 0 Å². The first kappa shape index (κ1) is 12.7. The second kappa shape index (κ2) is 4.38. The number of fused-ring (bicyclic) bond motifs is 1. The van der Waals surface area contributed by atoms with Crippen LogP contribution in [0.25, 0.3) is 0 Å². The Hall–Kier alpha value is -2.28. The summed E-state index contributed by atoms with van der Waals surface area (Å²) < 4.78 is 41.6. The van der Waals surface area contributed by atoms with Gasteiger partial charge in [-0.2, -0.15) is 8.42 Å². The third-order valence-electron chi connectivity index (χ3n) is 2.91. The minimum Gasteiger partial charge on any atom is -0.278 e. The van der Waals surface area contributed by atoms with E-state index in [0.717, 1.165) is 0 Å². The summed E-state index contributed by atoms with van der Waals surface area (Å²) in [6, 6.07) is 8.98. The number of hydrogen-bond donors (Lipinski definition) is 0. The van der Waals surface area contributed by atoms with Crippen molar-refractivity contribution in [3.63, 3.8) is 0 Å². The van der Waals surface area contributed by atoms with E-state index in [-0.39, 0.29) is 22.2 Å². The Morgan fingerprint density at radius 2 is 1.90 bits per heavy atom. The van der Waals surface area contributed by atoms with Crippen LogP contribution < -0.4 is 4.90 Å². The van der Waals surface area contributed by atoms with Gasteiger partial charge in [0, 0.05) is 6.20 Å². The molecule has 102 valence electrons. The lowest BCUT2D eigenvalue weighted by Crippen LogP contribution is -2.31. The fourth-order valence-electron chi connectivity index (χ4n) is 2.09. The van der Waals surface area contributed by atoms with Gasteiger partial charge in [-0.05, 0) is 31.2 Å². The van der Waals surface area contributed by atoms with Gasteiger partial charge in [0.2, 0.25) is 0 Å². The number of pyridine rings is 1. The van der Waals surface area contributed by atoms with Gasteiger partial charge in [0.1, 0.15) is 16.5 Å². The van der Waals surface area contributed by atoms with Crippen LogP contribution in [0, 0.1) is 5.82 Å². The highest BCUT2D eigenvalue weighted by Crippen LogP contribution is 2.35. The number of amidine groups is 1. The summed E-state index contributed by atoms with van der Waals surface area (Å²) in [4.78, 5) is 5.42. The molecule has 0 saturated heterocycles. The molecule has 7 heteroatoms. The molecule has 1 aromatic heterocycles. The zero-order valence-corrected chi connectivity index (χ0v) is 11.3. The third-order valence-corrected chi connectivity index (χ3v) is 4.29. The molecule has 0 atom stereocenters. The fourth-order valence-corrected chi connectivity index (χ4v) is 3.24. The maximum absolute atomic E-state index is 14.0. The first-order chi connectivity index (χ1) is 9.50. The molecule has 0 radical (unpaired) electrons. The van der Waals surface area contributed by atoms with Crippen LogP contribution in [0.5, 0.6) is 0 Å². The molecule has 1 aliphatic heterocycles. The standard InChI is InChI=1S/C13H10FN3O2S/c1-9-16-20(18,19)12-7-4-8-15-13(12)17(9)11-6-3-2-5-10(11)14/h2-8H,1H3. The zero-order chi connectivity index (χ0) is 14.3. The highest BCUT2D eigenvalue weighted by molar-refractivity contribution is 7.90. The Morgan fingerprint density at radius 1 is 1.15 bits per heavy atom. The molecular formula is C13H10FN3O2S. The number of nitrogens with zero attached hydrogens (tertiary/aromatic N) is 3. The van der Waals surface area contributed by atoms with E-state index in [1.165, 1.54) is 36.2 Å². The van der Waals surface area contributed by atoms with Crippen LogP contribution in [0.2, 0.25) is 0 Å². The minimum absolute atomic E-state index is 0.0335. The summed E-state index contributed by atoms with van der Waals surface area (Å²) in [6.45, 7) is 1.50. The van der Waals surface area contributed by atoms with E-state index in [4.69, 9.17) is 0 Å². The first-order valence-electron chi connectivity index (χ1n) is 5.82. The molecule has 0 bridgehead atoms. The third kappa shape index (κ3) is 1.87. The number of para-hydroxylation sites is 1. The number of halogens is 1. The lowest BCUT2D eigenvalue weighted by molar-refractivity contribution is 0.596. The number of rotatable bonds is 1. The number of anilines is 2. The van der Waals surface area contributed by atoms with Crippen LogP contribution in [-0.4, -0.2) is 19.2 Å². The summed E-state index contributed by atoms with van der Waals surface area (Å²) in [5.74, 6) is -0.163. The molecule has 1 aromatic carbocycles. The van der Waals surface area contributed by atoms with Crippen molar-refractivity contribution in [2.75, 3.05) is 4.90 Å². The number of sulfonamides is 1. The zero-order valence-electron chi connectivity index (χ0n) is 10.5.